The third-order valence-corrected chi connectivity index (χ3v) is 7.54. The van der Waals surface area contributed by atoms with Gasteiger partial charge in [-0.15, -0.1) is 0 Å². The lowest BCUT2D eigenvalue weighted by Crippen LogP contribution is -2.10. The van der Waals surface area contributed by atoms with Gasteiger partial charge in [0, 0.05) is 30.6 Å². The summed E-state index contributed by atoms with van der Waals surface area (Å²) in [7, 11) is 1.39. The van der Waals surface area contributed by atoms with Crippen molar-refractivity contribution in [3.8, 4) is 40.2 Å². The molecule has 0 spiro atoms. The molecule has 55 heavy (non-hydrogen) atoms. The normalized spacial score (nSPS) is 10.5. The average molecular weight is 750 g/mol. The smallest absolute Gasteiger partial charge is 0.347 e. The van der Waals surface area contributed by atoms with Crippen molar-refractivity contribution in [1.82, 2.24) is 4.98 Å². The summed E-state index contributed by atoms with van der Waals surface area (Å²) in [5.74, 6) is -0.904. The van der Waals surface area contributed by atoms with Crippen LogP contribution in [0, 0.1) is 0 Å². The molecule has 0 amide bonds. The van der Waals surface area contributed by atoms with Crippen LogP contribution < -0.4 is 29.3 Å². The molecule has 0 fully saturated rings. The van der Waals surface area contributed by atoms with Gasteiger partial charge in [-0.1, -0.05) is 13.2 Å². The average Bonchev–Trinajstić information content (AvgIpc) is 3.21. The molecule has 0 saturated carbocycles. The van der Waals surface area contributed by atoms with Crippen LogP contribution in [0.5, 0.6) is 28.7 Å². The van der Waals surface area contributed by atoms with Gasteiger partial charge in [0.2, 0.25) is 5.89 Å². The van der Waals surface area contributed by atoms with Crippen LogP contribution >= 0.6 is 0 Å². The molecular formula is C41H35NO13. The maximum absolute atomic E-state index is 13.0. The molecular weight excluding hydrogens is 714 g/mol. The van der Waals surface area contributed by atoms with Crippen molar-refractivity contribution in [3.63, 3.8) is 0 Å². The van der Waals surface area contributed by atoms with Gasteiger partial charge in [0.15, 0.2) is 11.5 Å². The molecule has 0 aliphatic carbocycles. The minimum atomic E-state index is -0.725. The van der Waals surface area contributed by atoms with Crippen LogP contribution in [0.15, 0.2) is 119 Å². The van der Waals surface area contributed by atoms with Crippen LogP contribution in [0.4, 0.5) is 0 Å². The minimum Gasteiger partial charge on any atom is -0.493 e. The van der Waals surface area contributed by atoms with Crippen molar-refractivity contribution in [1.29, 1.82) is 0 Å². The first-order chi connectivity index (χ1) is 26.7. The first-order valence-electron chi connectivity index (χ1n) is 16.8. The number of fused-ring (bicyclic) bond motifs is 1. The second kappa shape index (κ2) is 19.0. The number of esters is 4. The number of carbonyl (C=O) groups excluding carboxylic acids is 4. The Bertz CT molecular complexity index is 2240. The molecule has 4 aromatic carbocycles. The Kier molecular flexibility index (Phi) is 13.5. The Hall–Kier alpha value is -7.22. The number of benzene rings is 4. The highest BCUT2D eigenvalue weighted by molar-refractivity contribution is 5.92. The van der Waals surface area contributed by atoms with Gasteiger partial charge in [0.1, 0.15) is 17.2 Å². The largest absolute Gasteiger partial charge is 0.493 e. The van der Waals surface area contributed by atoms with Gasteiger partial charge in [-0.3, -0.25) is 0 Å². The van der Waals surface area contributed by atoms with Crippen LogP contribution in [0.3, 0.4) is 0 Å². The second-order valence-corrected chi connectivity index (χ2v) is 11.3. The highest BCUT2D eigenvalue weighted by Crippen LogP contribution is 2.33. The fraction of sp³-hybridized carbons (Fsp3) is 0.171. The third kappa shape index (κ3) is 10.9. The van der Waals surface area contributed by atoms with Crippen molar-refractivity contribution < 1.29 is 56.8 Å². The van der Waals surface area contributed by atoms with Gasteiger partial charge >= 0.3 is 29.5 Å². The molecule has 14 heteroatoms. The van der Waals surface area contributed by atoms with Crippen molar-refractivity contribution in [2.45, 2.75) is 12.8 Å². The molecule has 14 nitrogen and oxygen atoms in total. The molecule has 0 saturated heterocycles. The lowest BCUT2D eigenvalue weighted by Gasteiger charge is -2.11. The number of carbonyl (C=O) groups is 4. The Morgan fingerprint density at radius 3 is 1.75 bits per heavy atom. The van der Waals surface area contributed by atoms with Crippen molar-refractivity contribution in [3.05, 3.63) is 132 Å². The van der Waals surface area contributed by atoms with Crippen molar-refractivity contribution >= 4 is 34.8 Å². The van der Waals surface area contributed by atoms with Gasteiger partial charge in [0.25, 0.3) is 0 Å². The SMILES string of the molecule is C=CC(=O)OCCCOc1ccc(C(=O)Oc2ccc3nc(-c4ccc(OC(=O)c5ccc(OCCCOC(=O)C=C)cc5)c(OC)c4)oc(=O)c3c2)cc1. The quantitative estimate of drug-likeness (QED) is 0.0422. The van der Waals surface area contributed by atoms with Gasteiger partial charge in [-0.25, -0.2) is 29.0 Å². The van der Waals surface area contributed by atoms with E-state index in [4.69, 9.17) is 37.6 Å². The Morgan fingerprint density at radius 1 is 0.655 bits per heavy atom. The summed E-state index contributed by atoms with van der Waals surface area (Å²) in [6, 6.07) is 21.5. The van der Waals surface area contributed by atoms with Crippen molar-refractivity contribution in [2.75, 3.05) is 33.5 Å². The molecule has 0 radical (unpaired) electrons. The molecule has 0 unspecified atom stereocenters. The van der Waals surface area contributed by atoms with E-state index < -0.39 is 29.5 Å². The van der Waals surface area contributed by atoms with E-state index in [0.717, 1.165) is 12.2 Å². The van der Waals surface area contributed by atoms with E-state index in [0.29, 0.717) is 43.1 Å². The molecule has 0 aliphatic rings. The summed E-state index contributed by atoms with van der Waals surface area (Å²) in [4.78, 5) is 65.4. The zero-order valence-corrected chi connectivity index (χ0v) is 29.6. The highest BCUT2D eigenvalue weighted by atomic mass is 16.6. The van der Waals surface area contributed by atoms with E-state index in [1.54, 1.807) is 42.5 Å². The van der Waals surface area contributed by atoms with Gasteiger partial charge < -0.3 is 37.6 Å². The predicted octanol–water partition coefficient (Wildman–Crippen LogP) is 6.30. The van der Waals surface area contributed by atoms with E-state index in [1.807, 2.05) is 0 Å². The summed E-state index contributed by atoms with van der Waals surface area (Å²) >= 11 is 0. The summed E-state index contributed by atoms with van der Waals surface area (Å²) < 4.78 is 43.0. The molecule has 1 heterocycles. The molecule has 1 aromatic heterocycles. The Morgan fingerprint density at radius 2 is 1.20 bits per heavy atom. The third-order valence-electron chi connectivity index (χ3n) is 7.54. The van der Waals surface area contributed by atoms with Crippen molar-refractivity contribution in [2.24, 2.45) is 0 Å². The lowest BCUT2D eigenvalue weighted by atomic mass is 10.1. The van der Waals surface area contributed by atoms with Crippen LogP contribution in [-0.2, 0) is 19.1 Å². The molecule has 282 valence electrons. The molecule has 5 aromatic rings. The second-order valence-electron chi connectivity index (χ2n) is 11.3. The van der Waals surface area contributed by atoms with Gasteiger partial charge in [-0.05, 0) is 84.9 Å². The monoisotopic (exact) mass is 749 g/mol. The van der Waals surface area contributed by atoms with Gasteiger partial charge in [-0.2, -0.15) is 0 Å². The lowest BCUT2D eigenvalue weighted by molar-refractivity contribution is -0.138. The number of hydrogen-bond donors (Lipinski definition) is 0. The minimum absolute atomic E-state index is 0.0204. The maximum Gasteiger partial charge on any atom is 0.347 e. The summed E-state index contributed by atoms with van der Waals surface area (Å²) in [5, 5.41) is 0.0829. The molecule has 5 rings (SSSR count). The summed E-state index contributed by atoms with van der Waals surface area (Å²) in [5.41, 5.74) is 0.432. The zero-order valence-electron chi connectivity index (χ0n) is 29.6. The summed E-state index contributed by atoms with van der Waals surface area (Å²) in [6.45, 7) is 7.64. The van der Waals surface area contributed by atoms with E-state index in [1.165, 1.54) is 49.6 Å². The molecule has 0 bridgehead atoms. The van der Waals surface area contributed by atoms with E-state index in [2.05, 4.69) is 18.1 Å². The number of aromatic nitrogens is 1. The van der Waals surface area contributed by atoms with E-state index in [-0.39, 0.29) is 58.4 Å². The number of rotatable bonds is 18. The fourth-order valence-electron chi connectivity index (χ4n) is 4.78. The zero-order chi connectivity index (χ0) is 39.2. The number of methoxy groups -OCH3 is 1. The Labute approximate surface area is 314 Å². The van der Waals surface area contributed by atoms with Crippen LogP contribution in [-0.4, -0.2) is 62.4 Å². The number of ether oxygens (including phenoxy) is 7. The highest BCUT2D eigenvalue weighted by Gasteiger charge is 2.17. The van der Waals surface area contributed by atoms with Gasteiger partial charge in [0.05, 0.1) is 55.6 Å². The molecule has 0 N–H and O–H groups in total. The number of nitrogens with zero attached hydrogens (tertiary/aromatic N) is 1. The topological polar surface area (TPSA) is 176 Å². The summed E-state index contributed by atoms with van der Waals surface area (Å²) in [6.07, 6.45) is 3.13. The molecule has 0 aliphatic heterocycles. The van der Waals surface area contributed by atoms with E-state index >= 15 is 0 Å². The first-order valence-corrected chi connectivity index (χ1v) is 16.8. The first kappa shape index (κ1) is 39.0. The predicted molar refractivity (Wildman–Crippen MR) is 198 cm³/mol. The van der Waals surface area contributed by atoms with Crippen LogP contribution in [0.25, 0.3) is 22.4 Å². The maximum atomic E-state index is 13.0. The van der Waals surface area contributed by atoms with E-state index in [9.17, 15) is 24.0 Å². The van der Waals surface area contributed by atoms with Crippen LogP contribution in [0.2, 0.25) is 0 Å². The standard InChI is InChI=1S/C41H35NO13/c1-4-36(43)51-22-6-20-49-29-13-8-26(9-14-29)39(45)53-31-17-18-33-32(25-31)41(47)55-38(42-33)28-12-19-34(35(24-28)48-3)54-40(46)27-10-15-30(16-11-27)50-21-7-23-52-37(44)5-2/h4-5,8-19,24-25H,1-2,6-7,20-23H2,3H3. The van der Waals surface area contributed by atoms with Crippen LogP contribution in [0.1, 0.15) is 33.6 Å². The fourth-order valence-corrected chi connectivity index (χ4v) is 4.78. The Balaban J connectivity index is 1.18. The number of hydrogen-bond acceptors (Lipinski definition) is 14. The molecule has 0 atom stereocenters.